The molecule has 30 heavy (non-hydrogen) atoms. The van der Waals surface area contributed by atoms with Crippen LogP contribution in [-0.2, 0) is 0 Å². The summed E-state index contributed by atoms with van der Waals surface area (Å²) in [5.74, 6) is 1.63. The first-order valence-electron chi connectivity index (χ1n) is 11.4. The molecule has 0 amide bonds. The van der Waals surface area contributed by atoms with Crippen LogP contribution >= 0.6 is 0 Å². The monoisotopic (exact) mass is 408 g/mol. The third kappa shape index (κ3) is 5.65. The average Bonchev–Trinajstić information content (AvgIpc) is 2.88. The molecule has 2 heterocycles. The summed E-state index contributed by atoms with van der Waals surface area (Å²) in [6.45, 7) is 12.6. The quantitative estimate of drug-likeness (QED) is 0.551. The minimum atomic E-state index is -0.467. The second-order valence-corrected chi connectivity index (χ2v) is 8.98. The molecule has 3 aliphatic rings. The molecule has 0 aromatic carbocycles. The lowest BCUT2D eigenvalue weighted by Crippen LogP contribution is -2.32. The summed E-state index contributed by atoms with van der Waals surface area (Å²) in [6, 6.07) is 0. The van der Waals surface area contributed by atoms with Crippen molar-refractivity contribution in [2.24, 2.45) is 17.8 Å². The Balaban J connectivity index is 1.86. The number of rotatable bonds is 5. The fourth-order valence-corrected chi connectivity index (χ4v) is 4.42. The van der Waals surface area contributed by atoms with Crippen LogP contribution in [0.25, 0.3) is 0 Å². The molecule has 1 saturated heterocycles. The van der Waals surface area contributed by atoms with Gasteiger partial charge in [0, 0.05) is 30.2 Å². The second kappa shape index (κ2) is 10.7. The summed E-state index contributed by atoms with van der Waals surface area (Å²) >= 11 is 0. The molecule has 3 rings (SSSR count). The molecule has 2 aliphatic heterocycles. The number of nitrogens with one attached hydrogen (secondary N) is 1. The molecule has 0 aromatic rings. The van der Waals surface area contributed by atoms with Crippen LogP contribution < -0.4 is 5.32 Å². The van der Waals surface area contributed by atoms with Gasteiger partial charge in [-0.2, -0.15) is 0 Å². The van der Waals surface area contributed by atoms with Gasteiger partial charge in [0.1, 0.15) is 6.67 Å². The standard InChI is InChI=1S/C27H37FN2/c1-5-25-22(4)9-13-26(29-27(25)7-6-16-28)23-10-12-24(11-8-21(3)19-23)30-17-14-20(2)15-18-30/h5-7,10-13,19-22,29H,1,8-9,14-18H2,2-4H3/b7-6-,12-10-,23-19?,24-11-. The molecule has 0 bridgehead atoms. The van der Waals surface area contributed by atoms with Gasteiger partial charge in [0.15, 0.2) is 0 Å². The molecule has 1 aliphatic carbocycles. The lowest BCUT2D eigenvalue weighted by molar-refractivity contribution is 0.242. The van der Waals surface area contributed by atoms with E-state index in [1.165, 1.54) is 24.1 Å². The highest BCUT2D eigenvalue weighted by Crippen LogP contribution is 2.29. The Bertz CT molecular complexity index is 801. The van der Waals surface area contributed by atoms with E-state index in [0.717, 1.165) is 48.8 Å². The predicted octanol–water partition coefficient (Wildman–Crippen LogP) is 6.60. The Kier molecular flexibility index (Phi) is 7.95. The number of hydrogen-bond acceptors (Lipinski definition) is 2. The van der Waals surface area contributed by atoms with E-state index in [1.54, 1.807) is 6.08 Å². The Morgan fingerprint density at radius 1 is 1.13 bits per heavy atom. The molecule has 2 nitrogen and oxygen atoms in total. The third-order valence-electron chi connectivity index (χ3n) is 6.44. The maximum absolute atomic E-state index is 12.8. The van der Waals surface area contributed by atoms with Crippen LogP contribution in [0, 0.1) is 17.8 Å². The molecule has 3 heteroatoms. The van der Waals surface area contributed by atoms with E-state index in [4.69, 9.17) is 0 Å². The van der Waals surface area contributed by atoms with Crippen LogP contribution in [0.2, 0.25) is 0 Å². The number of likely N-dealkylation sites (tertiary alicyclic amines) is 1. The number of hydrogen-bond donors (Lipinski definition) is 1. The molecule has 1 fully saturated rings. The average molecular weight is 409 g/mol. The van der Waals surface area contributed by atoms with Gasteiger partial charge in [-0.3, -0.25) is 0 Å². The Hall–Kier alpha value is -2.29. The van der Waals surface area contributed by atoms with Crippen molar-refractivity contribution in [1.82, 2.24) is 10.2 Å². The van der Waals surface area contributed by atoms with E-state index in [1.807, 2.05) is 12.2 Å². The summed E-state index contributed by atoms with van der Waals surface area (Å²) in [7, 11) is 0. The molecule has 0 spiro atoms. The fourth-order valence-electron chi connectivity index (χ4n) is 4.42. The lowest BCUT2D eigenvalue weighted by atomic mass is 9.95. The Labute approximate surface area is 182 Å². The lowest BCUT2D eigenvalue weighted by Gasteiger charge is -2.33. The van der Waals surface area contributed by atoms with E-state index < -0.39 is 6.67 Å². The van der Waals surface area contributed by atoms with E-state index in [2.05, 4.69) is 67.9 Å². The van der Waals surface area contributed by atoms with Crippen molar-refractivity contribution in [2.75, 3.05) is 19.8 Å². The van der Waals surface area contributed by atoms with Crippen molar-refractivity contribution >= 4 is 0 Å². The zero-order valence-corrected chi connectivity index (χ0v) is 18.8. The molecule has 0 radical (unpaired) electrons. The van der Waals surface area contributed by atoms with Crippen LogP contribution in [0.15, 0.2) is 83.4 Å². The van der Waals surface area contributed by atoms with Gasteiger partial charge in [0.2, 0.25) is 0 Å². The van der Waals surface area contributed by atoms with Gasteiger partial charge in [-0.1, -0.05) is 63.8 Å². The summed E-state index contributed by atoms with van der Waals surface area (Å²) in [6.07, 6.45) is 21.4. The number of nitrogens with zero attached hydrogens (tertiary/aromatic N) is 1. The first-order valence-corrected chi connectivity index (χ1v) is 11.4. The molecule has 0 aromatic heterocycles. The van der Waals surface area contributed by atoms with Crippen LogP contribution in [0.5, 0.6) is 0 Å². The minimum Gasteiger partial charge on any atom is -0.372 e. The molecule has 162 valence electrons. The number of piperidine rings is 1. The van der Waals surface area contributed by atoms with Crippen LogP contribution in [-0.4, -0.2) is 24.7 Å². The van der Waals surface area contributed by atoms with E-state index in [0.29, 0.717) is 11.8 Å². The summed E-state index contributed by atoms with van der Waals surface area (Å²) in [4.78, 5) is 2.54. The first kappa shape index (κ1) is 22.4. The van der Waals surface area contributed by atoms with Crippen LogP contribution in [0.1, 0.15) is 46.5 Å². The molecule has 2 atom stereocenters. The van der Waals surface area contributed by atoms with Gasteiger partial charge in [-0.25, -0.2) is 4.39 Å². The van der Waals surface area contributed by atoms with Crippen molar-refractivity contribution < 1.29 is 4.39 Å². The maximum Gasteiger partial charge on any atom is 0.108 e. The zero-order valence-electron chi connectivity index (χ0n) is 18.8. The van der Waals surface area contributed by atoms with Crippen molar-refractivity contribution in [3.05, 3.63) is 83.4 Å². The van der Waals surface area contributed by atoms with E-state index in [9.17, 15) is 4.39 Å². The summed E-state index contributed by atoms with van der Waals surface area (Å²) < 4.78 is 12.8. The molecular formula is C27H37FN2. The summed E-state index contributed by atoms with van der Waals surface area (Å²) in [5, 5.41) is 3.58. The zero-order chi connectivity index (χ0) is 21.5. The third-order valence-corrected chi connectivity index (χ3v) is 6.44. The highest BCUT2D eigenvalue weighted by Gasteiger charge is 2.19. The normalized spacial score (nSPS) is 29.2. The number of allylic oxidation sites excluding steroid dienone is 9. The van der Waals surface area contributed by atoms with Gasteiger partial charge in [-0.15, -0.1) is 0 Å². The van der Waals surface area contributed by atoms with Crippen molar-refractivity contribution in [3.63, 3.8) is 0 Å². The van der Waals surface area contributed by atoms with Crippen LogP contribution in [0.4, 0.5) is 4.39 Å². The highest BCUT2D eigenvalue weighted by atomic mass is 19.1. The predicted molar refractivity (Wildman–Crippen MR) is 126 cm³/mol. The van der Waals surface area contributed by atoms with Crippen molar-refractivity contribution in [3.8, 4) is 0 Å². The van der Waals surface area contributed by atoms with E-state index in [-0.39, 0.29) is 0 Å². The van der Waals surface area contributed by atoms with Crippen molar-refractivity contribution in [2.45, 2.75) is 46.5 Å². The smallest absolute Gasteiger partial charge is 0.108 e. The highest BCUT2D eigenvalue weighted by molar-refractivity contribution is 5.48. The molecular weight excluding hydrogens is 371 g/mol. The molecule has 2 unspecified atom stereocenters. The van der Waals surface area contributed by atoms with Gasteiger partial charge in [0.05, 0.1) is 0 Å². The first-order chi connectivity index (χ1) is 14.5. The van der Waals surface area contributed by atoms with Gasteiger partial charge in [0.25, 0.3) is 0 Å². The molecule has 0 saturated carbocycles. The van der Waals surface area contributed by atoms with Crippen molar-refractivity contribution in [1.29, 1.82) is 0 Å². The second-order valence-electron chi connectivity index (χ2n) is 8.98. The number of alkyl halides is 1. The summed E-state index contributed by atoms with van der Waals surface area (Å²) in [5.41, 5.74) is 5.75. The topological polar surface area (TPSA) is 15.3 Å². The fraction of sp³-hybridized carbons (Fsp3) is 0.481. The van der Waals surface area contributed by atoms with E-state index >= 15 is 0 Å². The maximum atomic E-state index is 12.8. The Morgan fingerprint density at radius 3 is 2.60 bits per heavy atom. The van der Waals surface area contributed by atoms with Gasteiger partial charge >= 0.3 is 0 Å². The minimum absolute atomic E-state index is 0.341. The molecule has 1 N–H and O–H groups in total. The largest absolute Gasteiger partial charge is 0.372 e. The van der Waals surface area contributed by atoms with Gasteiger partial charge in [-0.05, 0) is 66.7 Å². The SMILES string of the molecule is C=CC1=C(/C=C\CF)NC(C2=CC(C)C/C=C(N3CCC(C)CC3)/C=C\2)=CCC1C. The number of halogens is 1. The van der Waals surface area contributed by atoms with Crippen LogP contribution in [0.3, 0.4) is 0 Å². The Morgan fingerprint density at radius 2 is 1.90 bits per heavy atom. The van der Waals surface area contributed by atoms with Gasteiger partial charge < -0.3 is 10.2 Å².